The molecule has 4 aromatic carbocycles. The molecule has 2 unspecified atom stereocenters. The molecule has 0 saturated carbocycles. The Morgan fingerprint density at radius 2 is 1.08 bits per heavy atom. The smallest absolute Gasteiger partial charge is 0.126 e. The van der Waals surface area contributed by atoms with Crippen LogP contribution in [0, 0.1) is 23.3 Å². The number of unbranched alkanes of at least 4 members (excludes halogenated alkanes) is 1. The number of hydrogen-bond donors (Lipinski definition) is 0. The van der Waals surface area contributed by atoms with Crippen molar-refractivity contribution in [1.29, 1.82) is 0 Å². The minimum Gasteiger partial charge on any atom is -0.251 e. The van der Waals surface area contributed by atoms with E-state index < -0.39 is 39.4 Å². The van der Waals surface area contributed by atoms with Gasteiger partial charge in [0.1, 0.15) is 23.3 Å². The molecular weight excluding hydrogens is 536 g/mol. The van der Waals surface area contributed by atoms with E-state index in [0.29, 0.717) is 17.2 Å². The maximum Gasteiger partial charge on any atom is 0.126 e. The Balaban J connectivity index is 1.72. The predicted molar refractivity (Wildman–Crippen MR) is 155 cm³/mol. The summed E-state index contributed by atoms with van der Waals surface area (Å²) in [5.74, 6) is -2.77. The van der Waals surface area contributed by atoms with Gasteiger partial charge in [0, 0.05) is 48.7 Å². The first kappa shape index (κ1) is 28.0. The number of rotatable bonds is 9. The second-order valence-corrected chi connectivity index (χ2v) is 14.8. The van der Waals surface area contributed by atoms with Crippen molar-refractivity contribution in [3.05, 3.63) is 131 Å². The monoisotopic (exact) mass is 567 g/mol. The van der Waals surface area contributed by atoms with Gasteiger partial charge in [0.25, 0.3) is 0 Å². The molecule has 5 rings (SSSR count). The quantitative estimate of drug-likeness (QED) is 0.144. The molecule has 0 amide bonds. The Morgan fingerprint density at radius 3 is 1.46 bits per heavy atom. The van der Waals surface area contributed by atoms with E-state index in [9.17, 15) is 17.6 Å². The normalized spacial score (nSPS) is 19.2. The molecule has 0 radical (unpaired) electrons. The van der Waals surface area contributed by atoms with E-state index in [1.807, 2.05) is 36.4 Å². The first-order valence-electron chi connectivity index (χ1n) is 13.3. The van der Waals surface area contributed by atoms with Crippen LogP contribution >= 0.6 is 16.1 Å². The molecule has 202 valence electrons. The maximum atomic E-state index is 14.6. The van der Waals surface area contributed by atoms with E-state index in [4.69, 9.17) is 0 Å². The lowest BCUT2D eigenvalue weighted by molar-refractivity contribution is 0.584. The highest BCUT2D eigenvalue weighted by atomic mass is 31.2. The fraction of sp³-hybridized carbons (Fsp3) is 0.250. The van der Waals surface area contributed by atoms with Gasteiger partial charge in [-0.1, -0.05) is 74.0 Å². The minimum absolute atomic E-state index is 0.213. The molecule has 1 fully saturated rings. The van der Waals surface area contributed by atoms with Crippen molar-refractivity contribution < 1.29 is 17.6 Å². The maximum absolute atomic E-state index is 14.6. The fourth-order valence-corrected chi connectivity index (χ4v) is 13.0. The van der Waals surface area contributed by atoms with Gasteiger partial charge in [-0.15, -0.1) is 0 Å². The van der Waals surface area contributed by atoms with Gasteiger partial charge < -0.3 is 0 Å². The zero-order valence-electron chi connectivity index (χ0n) is 21.8. The van der Waals surface area contributed by atoms with Crippen molar-refractivity contribution in [2.75, 3.05) is 6.54 Å². The van der Waals surface area contributed by atoms with Crippen molar-refractivity contribution in [3.63, 3.8) is 0 Å². The van der Waals surface area contributed by atoms with Crippen molar-refractivity contribution in [3.8, 4) is 0 Å². The average Bonchev–Trinajstić information content (AvgIpc) is 3.36. The SMILES string of the molecule is CCCCN(P(c1cc(F)cc(F)c1)c1cc(F)cc(F)c1)P1C(c2ccccc2)CC[C@@H]1c1ccccc1. The molecule has 1 aliphatic heterocycles. The molecule has 1 aliphatic rings. The van der Waals surface area contributed by atoms with E-state index in [-0.39, 0.29) is 11.3 Å². The molecule has 3 atom stereocenters. The van der Waals surface area contributed by atoms with E-state index in [2.05, 4.69) is 35.6 Å². The van der Waals surface area contributed by atoms with Crippen LogP contribution in [-0.4, -0.2) is 11.0 Å². The van der Waals surface area contributed by atoms with E-state index >= 15 is 0 Å². The van der Waals surface area contributed by atoms with Gasteiger partial charge in [0.2, 0.25) is 0 Å². The highest BCUT2D eigenvalue weighted by Gasteiger charge is 2.44. The molecule has 1 nitrogen and oxygen atoms in total. The van der Waals surface area contributed by atoms with Gasteiger partial charge in [-0.25, -0.2) is 17.6 Å². The van der Waals surface area contributed by atoms with Crippen molar-refractivity contribution in [2.24, 2.45) is 0 Å². The third kappa shape index (κ3) is 6.43. The molecule has 1 saturated heterocycles. The Kier molecular flexibility index (Phi) is 9.13. The fourth-order valence-electron chi connectivity index (χ4n) is 5.47. The Bertz CT molecular complexity index is 1250. The molecule has 7 heteroatoms. The summed E-state index contributed by atoms with van der Waals surface area (Å²) in [5, 5.41) is 0.855. The Hall–Kier alpha value is -2.58. The highest BCUT2D eigenvalue weighted by Crippen LogP contribution is 2.76. The summed E-state index contributed by atoms with van der Waals surface area (Å²) in [5.41, 5.74) is 2.89. The zero-order chi connectivity index (χ0) is 27.4. The van der Waals surface area contributed by atoms with Crippen LogP contribution in [0.3, 0.4) is 0 Å². The molecule has 0 N–H and O–H groups in total. The van der Waals surface area contributed by atoms with Gasteiger partial charge in [0.05, 0.1) is 0 Å². The van der Waals surface area contributed by atoms with Crippen LogP contribution in [-0.2, 0) is 0 Å². The second-order valence-electron chi connectivity index (χ2n) is 9.83. The molecule has 1 heterocycles. The van der Waals surface area contributed by atoms with Crippen LogP contribution in [0.4, 0.5) is 17.6 Å². The average molecular weight is 568 g/mol. The van der Waals surface area contributed by atoms with Crippen molar-refractivity contribution >= 4 is 26.8 Å². The largest absolute Gasteiger partial charge is 0.251 e. The van der Waals surface area contributed by atoms with Gasteiger partial charge in [-0.05, 0) is 62.7 Å². The number of benzene rings is 4. The summed E-state index contributed by atoms with van der Waals surface area (Å²) in [6.07, 6.45) is 3.71. The first-order chi connectivity index (χ1) is 18.9. The molecule has 0 spiro atoms. The van der Waals surface area contributed by atoms with Crippen LogP contribution in [0.15, 0.2) is 97.1 Å². The van der Waals surface area contributed by atoms with Crippen LogP contribution in [0.1, 0.15) is 55.1 Å². The van der Waals surface area contributed by atoms with Crippen LogP contribution in [0.5, 0.6) is 0 Å². The molecule has 0 bridgehead atoms. The highest BCUT2D eigenvalue weighted by molar-refractivity contribution is 7.79. The van der Waals surface area contributed by atoms with Gasteiger partial charge in [-0.2, -0.15) is 0 Å². The lowest BCUT2D eigenvalue weighted by Gasteiger charge is -2.42. The van der Waals surface area contributed by atoms with Crippen LogP contribution in [0.2, 0.25) is 0 Å². The lowest BCUT2D eigenvalue weighted by Crippen LogP contribution is -2.29. The van der Waals surface area contributed by atoms with E-state index in [1.54, 1.807) is 0 Å². The van der Waals surface area contributed by atoms with Crippen molar-refractivity contribution in [2.45, 2.75) is 43.9 Å². The number of halogens is 4. The summed E-state index contributed by atoms with van der Waals surface area (Å²) in [7, 11) is -2.59. The second kappa shape index (κ2) is 12.7. The standard InChI is InChI=1S/C32H31F4NP2/c1-2-3-16-37(38(29-19-25(33)17-26(34)20-29)30-21-27(35)18-28(36)22-30)39-31(23-10-6-4-7-11-23)14-15-32(39)24-12-8-5-9-13-24/h4-13,17-22,31-32H,2-3,14-16H2,1H3/t31-,32?,39?/m1/s1. The Morgan fingerprint density at radius 1 is 0.667 bits per heavy atom. The molecule has 0 aliphatic carbocycles. The summed E-state index contributed by atoms with van der Waals surface area (Å²) in [6, 6.07) is 27.8. The van der Waals surface area contributed by atoms with E-state index in [1.165, 1.54) is 35.4 Å². The van der Waals surface area contributed by atoms with Gasteiger partial charge >= 0.3 is 0 Å². The molecule has 4 aromatic rings. The minimum atomic E-state index is -1.63. The summed E-state index contributed by atoms with van der Waals surface area (Å²) in [6.45, 7) is 2.77. The van der Waals surface area contributed by atoms with Crippen molar-refractivity contribution in [1.82, 2.24) is 4.44 Å². The molecular formula is C32H31F4NP2. The molecule has 39 heavy (non-hydrogen) atoms. The number of hydrogen-bond acceptors (Lipinski definition) is 1. The molecule has 0 aromatic heterocycles. The van der Waals surface area contributed by atoms with Gasteiger partial charge in [-0.3, -0.25) is 4.44 Å². The first-order valence-corrected chi connectivity index (χ1v) is 16.0. The Labute approximate surface area is 230 Å². The van der Waals surface area contributed by atoms with Crippen LogP contribution < -0.4 is 10.6 Å². The lowest BCUT2D eigenvalue weighted by atomic mass is 10.0. The topological polar surface area (TPSA) is 3.24 Å². The van der Waals surface area contributed by atoms with Gasteiger partial charge in [0.15, 0.2) is 0 Å². The predicted octanol–water partition coefficient (Wildman–Crippen LogP) is 9.37. The third-order valence-corrected chi connectivity index (χ3v) is 13.5. The summed E-state index contributed by atoms with van der Waals surface area (Å²) >= 11 is 0. The third-order valence-electron chi connectivity index (χ3n) is 7.11. The summed E-state index contributed by atoms with van der Waals surface area (Å²) in [4.78, 5) is 0. The summed E-state index contributed by atoms with van der Waals surface area (Å²) < 4.78 is 61.0. The van der Waals surface area contributed by atoms with Crippen LogP contribution in [0.25, 0.3) is 0 Å². The van der Waals surface area contributed by atoms with E-state index in [0.717, 1.165) is 37.8 Å². The number of nitrogens with zero attached hydrogens (tertiary/aromatic N) is 1. The zero-order valence-corrected chi connectivity index (χ0v) is 23.6.